The molecule has 0 aliphatic heterocycles. The number of hydrogen-bond donors (Lipinski definition) is 3. The molecule has 142 valence electrons. The minimum atomic E-state index is -0.390. The highest BCUT2D eigenvalue weighted by Gasteiger charge is 2.26. The molecule has 3 N–H and O–H groups in total. The van der Waals surface area contributed by atoms with Crippen molar-refractivity contribution in [3.05, 3.63) is 0 Å². The van der Waals surface area contributed by atoms with Crippen LogP contribution in [0.5, 0.6) is 0 Å². The Hall–Kier alpha value is -0.940. The molecule has 5 nitrogen and oxygen atoms in total. The van der Waals surface area contributed by atoms with Crippen LogP contribution < -0.4 is 10.6 Å². The highest BCUT2D eigenvalue weighted by Crippen LogP contribution is 2.11. The maximum Gasteiger partial charge on any atom is 0.237 e. The first-order valence-electron chi connectivity index (χ1n) is 9.54. The Morgan fingerprint density at radius 1 is 0.917 bits per heavy atom. The number of carbonyl (C=O) groups is 2. The van der Waals surface area contributed by atoms with E-state index in [0.29, 0.717) is 19.3 Å². The van der Waals surface area contributed by atoms with Gasteiger partial charge < -0.3 is 15.7 Å². The standard InChI is InChI=1S/C19H38N2O3/c1-6-7-8-11-16(18(23)14(2)3)21-19(24)17(20-15(4)5)12-9-10-13-22/h14-17,20,22H,6-13H2,1-5H3,(H,21,24). The van der Waals surface area contributed by atoms with Gasteiger partial charge in [0, 0.05) is 18.6 Å². The van der Waals surface area contributed by atoms with Crippen molar-refractivity contribution in [1.82, 2.24) is 10.6 Å². The Kier molecular flexibility index (Phi) is 12.8. The minimum Gasteiger partial charge on any atom is -0.396 e. The molecule has 0 bridgehead atoms. The van der Waals surface area contributed by atoms with Crippen LogP contribution in [0.15, 0.2) is 0 Å². The first kappa shape index (κ1) is 23.1. The van der Waals surface area contributed by atoms with Gasteiger partial charge in [0.15, 0.2) is 5.78 Å². The zero-order valence-electron chi connectivity index (χ0n) is 16.2. The minimum absolute atomic E-state index is 0.0807. The predicted molar refractivity (Wildman–Crippen MR) is 98.9 cm³/mol. The molecular formula is C19H38N2O3. The summed E-state index contributed by atoms with van der Waals surface area (Å²) in [6.07, 6.45) is 5.97. The molecular weight excluding hydrogens is 304 g/mol. The molecule has 1 amide bonds. The lowest BCUT2D eigenvalue weighted by Gasteiger charge is -2.25. The van der Waals surface area contributed by atoms with Crippen molar-refractivity contribution in [1.29, 1.82) is 0 Å². The zero-order chi connectivity index (χ0) is 18.5. The summed E-state index contributed by atoms with van der Waals surface area (Å²) in [6, 6.07) is -0.516. The van der Waals surface area contributed by atoms with Gasteiger partial charge in [0.25, 0.3) is 0 Å². The molecule has 0 spiro atoms. The second kappa shape index (κ2) is 13.4. The third-order valence-electron chi connectivity index (χ3n) is 4.08. The van der Waals surface area contributed by atoms with Crippen molar-refractivity contribution in [2.24, 2.45) is 5.92 Å². The average Bonchev–Trinajstić information content (AvgIpc) is 2.52. The summed E-state index contributed by atoms with van der Waals surface area (Å²) in [4.78, 5) is 25.1. The van der Waals surface area contributed by atoms with Crippen LogP contribution in [0.2, 0.25) is 0 Å². The SMILES string of the molecule is CCCCCC(NC(=O)C(CCCCO)NC(C)C)C(=O)C(C)C. The molecule has 0 aliphatic rings. The average molecular weight is 343 g/mol. The molecule has 0 saturated heterocycles. The molecule has 2 unspecified atom stereocenters. The number of rotatable bonds is 14. The number of aliphatic hydroxyl groups excluding tert-OH is 1. The fraction of sp³-hybridized carbons (Fsp3) is 0.895. The number of ketones is 1. The van der Waals surface area contributed by atoms with Gasteiger partial charge in [0.2, 0.25) is 5.91 Å². The van der Waals surface area contributed by atoms with Crippen molar-refractivity contribution in [2.75, 3.05) is 6.61 Å². The molecule has 0 aromatic rings. The summed E-state index contributed by atoms with van der Waals surface area (Å²) < 4.78 is 0. The maximum absolute atomic E-state index is 12.7. The van der Waals surface area contributed by atoms with E-state index in [1.165, 1.54) is 0 Å². The van der Waals surface area contributed by atoms with Gasteiger partial charge in [-0.05, 0) is 25.7 Å². The van der Waals surface area contributed by atoms with Crippen LogP contribution in [-0.2, 0) is 9.59 Å². The lowest BCUT2D eigenvalue weighted by atomic mass is 9.96. The summed E-state index contributed by atoms with van der Waals surface area (Å²) in [5.41, 5.74) is 0. The molecule has 0 aliphatic carbocycles. The molecule has 0 saturated carbocycles. The number of Topliss-reactive ketones (excluding diaryl/α,β-unsaturated/α-hetero) is 1. The largest absolute Gasteiger partial charge is 0.396 e. The Morgan fingerprint density at radius 3 is 2.00 bits per heavy atom. The van der Waals surface area contributed by atoms with E-state index in [1.807, 2.05) is 27.7 Å². The number of hydrogen-bond acceptors (Lipinski definition) is 4. The van der Waals surface area contributed by atoms with Gasteiger partial charge >= 0.3 is 0 Å². The van der Waals surface area contributed by atoms with Gasteiger partial charge in [-0.1, -0.05) is 53.9 Å². The third kappa shape index (κ3) is 10.0. The highest BCUT2D eigenvalue weighted by molar-refractivity contribution is 5.91. The van der Waals surface area contributed by atoms with Crippen LogP contribution in [0.25, 0.3) is 0 Å². The Balaban J connectivity index is 4.82. The van der Waals surface area contributed by atoms with Gasteiger partial charge in [-0.3, -0.25) is 9.59 Å². The smallest absolute Gasteiger partial charge is 0.237 e. The topological polar surface area (TPSA) is 78.4 Å². The molecule has 2 atom stereocenters. The van der Waals surface area contributed by atoms with Crippen LogP contribution in [0.1, 0.15) is 79.6 Å². The van der Waals surface area contributed by atoms with Crippen LogP contribution in [-0.4, -0.2) is 41.5 Å². The fourth-order valence-electron chi connectivity index (χ4n) is 2.71. The van der Waals surface area contributed by atoms with Gasteiger partial charge in [0.1, 0.15) is 0 Å². The summed E-state index contributed by atoms with van der Waals surface area (Å²) >= 11 is 0. The van der Waals surface area contributed by atoms with E-state index < -0.39 is 6.04 Å². The second-order valence-electron chi connectivity index (χ2n) is 7.21. The van der Waals surface area contributed by atoms with Crippen molar-refractivity contribution in [3.8, 4) is 0 Å². The van der Waals surface area contributed by atoms with Crippen molar-refractivity contribution in [2.45, 2.75) is 97.7 Å². The zero-order valence-corrected chi connectivity index (χ0v) is 16.2. The second-order valence-corrected chi connectivity index (χ2v) is 7.21. The number of carbonyl (C=O) groups excluding carboxylic acids is 2. The van der Waals surface area contributed by atoms with Crippen LogP contribution >= 0.6 is 0 Å². The lowest BCUT2D eigenvalue weighted by molar-refractivity contribution is -0.130. The summed E-state index contributed by atoms with van der Waals surface area (Å²) in [6.45, 7) is 10.0. The first-order chi connectivity index (χ1) is 11.3. The molecule has 0 heterocycles. The van der Waals surface area contributed by atoms with Crippen LogP contribution in [0.3, 0.4) is 0 Å². The van der Waals surface area contributed by atoms with Gasteiger partial charge in [0.05, 0.1) is 12.1 Å². The number of unbranched alkanes of at least 4 members (excludes halogenated alkanes) is 3. The van der Waals surface area contributed by atoms with E-state index in [1.54, 1.807) is 0 Å². The van der Waals surface area contributed by atoms with Gasteiger partial charge in [-0.25, -0.2) is 0 Å². The van der Waals surface area contributed by atoms with Crippen LogP contribution in [0, 0.1) is 5.92 Å². The van der Waals surface area contributed by atoms with E-state index in [9.17, 15) is 9.59 Å². The van der Waals surface area contributed by atoms with Gasteiger partial charge in [-0.2, -0.15) is 0 Å². The Labute approximate surface area is 148 Å². The molecule has 0 fully saturated rings. The first-order valence-corrected chi connectivity index (χ1v) is 9.54. The summed E-state index contributed by atoms with van der Waals surface area (Å²) in [5, 5.41) is 15.2. The van der Waals surface area contributed by atoms with E-state index >= 15 is 0 Å². The number of nitrogens with one attached hydrogen (secondary N) is 2. The molecule has 0 aromatic carbocycles. The summed E-state index contributed by atoms with van der Waals surface area (Å²) in [7, 11) is 0. The lowest BCUT2D eigenvalue weighted by Crippen LogP contribution is -2.52. The van der Waals surface area contributed by atoms with Crippen molar-refractivity contribution >= 4 is 11.7 Å². The van der Waals surface area contributed by atoms with E-state index in [2.05, 4.69) is 17.6 Å². The van der Waals surface area contributed by atoms with E-state index in [4.69, 9.17) is 5.11 Å². The highest BCUT2D eigenvalue weighted by atomic mass is 16.3. The fourth-order valence-corrected chi connectivity index (χ4v) is 2.71. The Morgan fingerprint density at radius 2 is 1.50 bits per heavy atom. The van der Waals surface area contributed by atoms with Crippen LogP contribution in [0.4, 0.5) is 0 Å². The van der Waals surface area contributed by atoms with Crippen molar-refractivity contribution < 1.29 is 14.7 Å². The Bertz CT molecular complexity index is 357. The van der Waals surface area contributed by atoms with Crippen molar-refractivity contribution in [3.63, 3.8) is 0 Å². The van der Waals surface area contributed by atoms with Gasteiger partial charge in [-0.15, -0.1) is 0 Å². The molecule has 0 radical (unpaired) electrons. The summed E-state index contributed by atoms with van der Waals surface area (Å²) in [5.74, 6) is -0.0712. The number of amides is 1. The quantitative estimate of drug-likeness (QED) is 0.424. The molecule has 24 heavy (non-hydrogen) atoms. The maximum atomic E-state index is 12.7. The molecule has 0 rings (SSSR count). The number of aliphatic hydroxyl groups is 1. The molecule has 0 aromatic heterocycles. The normalized spacial score (nSPS) is 14.0. The predicted octanol–water partition coefficient (Wildman–Crippen LogP) is 2.81. The van der Waals surface area contributed by atoms with E-state index in [-0.39, 0.29) is 36.3 Å². The monoisotopic (exact) mass is 342 g/mol. The van der Waals surface area contributed by atoms with E-state index in [0.717, 1.165) is 25.7 Å². The molecule has 5 heteroatoms. The third-order valence-corrected chi connectivity index (χ3v) is 4.08.